The first-order valence-electron chi connectivity index (χ1n) is 8.33. The molecule has 2 aromatic carbocycles. The highest BCUT2D eigenvalue weighted by molar-refractivity contribution is 5.97. The van der Waals surface area contributed by atoms with Crippen LogP contribution in [0.5, 0.6) is 0 Å². The van der Waals surface area contributed by atoms with Gasteiger partial charge in [0.05, 0.1) is 17.2 Å². The maximum Gasteiger partial charge on any atom is 0.251 e. The van der Waals surface area contributed by atoms with Crippen LogP contribution in [0.4, 0.5) is 0 Å². The molecule has 0 aliphatic heterocycles. The van der Waals surface area contributed by atoms with E-state index >= 15 is 0 Å². The predicted molar refractivity (Wildman–Crippen MR) is 98.0 cm³/mol. The molecule has 0 spiro atoms. The van der Waals surface area contributed by atoms with Gasteiger partial charge in [0, 0.05) is 25.0 Å². The average Bonchev–Trinajstić information content (AvgIpc) is 3.32. The molecule has 130 valence electrons. The molecule has 2 heterocycles. The Kier molecular flexibility index (Phi) is 3.96. The zero-order chi connectivity index (χ0) is 18.1. The number of nitrogens with one attached hydrogen (secondary N) is 1. The van der Waals surface area contributed by atoms with Gasteiger partial charge < -0.3 is 5.32 Å². The van der Waals surface area contributed by atoms with Crippen molar-refractivity contribution in [3.8, 4) is 5.69 Å². The lowest BCUT2D eigenvalue weighted by molar-refractivity contribution is 0.0940. The van der Waals surface area contributed by atoms with Gasteiger partial charge in [-0.05, 0) is 42.8 Å². The summed E-state index contributed by atoms with van der Waals surface area (Å²) >= 11 is 0. The van der Waals surface area contributed by atoms with Crippen molar-refractivity contribution in [1.82, 2.24) is 30.1 Å². The minimum absolute atomic E-state index is 0.152. The Balaban J connectivity index is 1.59. The summed E-state index contributed by atoms with van der Waals surface area (Å²) < 4.78 is 3.48. The Hall–Kier alpha value is -3.48. The zero-order valence-corrected chi connectivity index (χ0v) is 14.5. The number of benzene rings is 2. The van der Waals surface area contributed by atoms with Crippen molar-refractivity contribution >= 4 is 16.9 Å². The van der Waals surface area contributed by atoms with E-state index in [2.05, 4.69) is 20.7 Å². The molecule has 1 amide bonds. The van der Waals surface area contributed by atoms with Crippen molar-refractivity contribution in [2.45, 2.75) is 13.0 Å². The van der Waals surface area contributed by atoms with Gasteiger partial charge in [-0.25, -0.2) is 9.36 Å². The number of carbonyl (C=O) groups excluding carboxylic acids is 1. The van der Waals surface area contributed by atoms with E-state index < -0.39 is 0 Å². The van der Waals surface area contributed by atoms with Gasteiger partial charge in [-0.3, -0.25) is 4.79 Å². The fraction of sp³-hybridized carbons (Fsp3) is 0.158. The Morgan fingerprint density at radius 3 is 2.81 bits per heavy atom. The molecule has 7 heteroatoms. The number of nitrogens with zero attached hydrogens (tertiary/aromatic N) is 5. The summed E-state index contributed by atoms with van der Waals surface area (Å²) in [7, 11) is 1.82. The number of rotatable bonds is 4. The van der Waals surface area contributed by atoms with E-state index in [1.165, 1.54) is 0 Å². The van der Waals surface area contributed by atoms with E-state index in [-0.39, 0.29) is 11.9 Å². The standard InChI is InChI=1S/C19H18N6O/c1-13(15-6-3-4-7-17(15)25-11-5-10-20-25)21-19(26)14-8-9-18-16(12-14)22-23-24(18)2/h3-13H,1-2H3,(H,21,26)/t13-/m1/s1. The van der Waals surface area contributed by atoms with Crippen LogP contribution in [0.15, 0.2) is 60.9 Å². The van der Waals surface area contributed by atoms with E-state index in [0.29, 0.717) is 11.1 Å². The largest absolute Gasteiger partial charge is 0.345 e. The van der Waals surface area contributed by atoms with Crippen LogP contribution in [0.1, 0.15) is 28.9 Å². The van der Waals surface area contributed by atoms with Gasteiger partial charge in [-0.15, -0.1) is 5.10 Å². The lowest BCUT2D eigenvalue weighted by atomic mass is 10.1. The predicted octanol–water partition coefficient (Wildman–Crippen LogP) is 2.65. The number of aromatic nitrogens is 5. The minimum Gasteiger partial charge on any atom is -0.345 e. The highest BCUT2D eigenvalue weighted by atomic mass is 16.1. The molecule has 0 bridgehead atoms. The van der Waals surface area contributed by atoms with Crippen LogP contribution in [-0.4, -0.2) is 30.7 Å². The van der Waals surface area contributed by atoms with Crippen LogP contribution in [0, 0.1) is 0 Å². The molecule has 2 aromatic heterocycles. The molecule has 0 aliphatic rings. The molecule has 0 saturated carbocycles. The van der Waals surface area contributed by atoms with E-state index in [1.54, 1.807) is 27.7 Å². The molecular weight excluding hydrogens is 328 g/mol. The lowest BCUT2D eigenvalue weighted by Gasteiger charge is -2.18. The summed E-state index contributed by atoms with van der Waals surface area (Å²) in [6.07, 6.45) is 3.62. The van der Waals surface area contributed by atoms with Crippen molar-refractivity contribution in [3.63, 3.8) is 0 Å². The van der Waals surface area contributed by atoms with Gasteiger partial charge in [0.2, 0.25) is 0 Å². The number of carbonyl (C=O) groups is 1. The topological polar surface area (TPSA) is 77.6 Å². The first-order chi connectivity index (χ1) is 12.6. The molecule has 7 nitrogen and oxygen atoms in total. The van der Waals surface area contributed by atoms with Gasteiger partial charge in [0.25, 0.3) is 5.91 Å². The second-order valence-corrected chi connectivity index (χ2v) is 6.12. The fourth-order valence-electron chi connectivity index (χ4n) is 3.01. The number of fused-ring (bicyclic) bond motifs is 1. The van der Waals surface area contributed by atoms with Crippen LogP contribution in [0.3, 0.4) is 0 Å². The smallest absolute Gasteiger partial charge is 0.251 e. The number of amides is 1. The summed E-state index contributed by atoms with van der Waals surface area (Å²) in [6, 6.07) is 15.0. The Morgan fingerprint density at radius 2 is 2.00 bits per heavy atom. The summed E-state index contributed by atoms with van der Waals surface area (Å²) in [4.78, 5) is 12.7. The molecule has 1 atom stereocenters. The molecule has 0 saturated heterocycles. The number of hydrogen-bond acceptors (Lipinski definition) is 4. The van der Waals surface area contributed by atoms with Crippen LogP contribution in [-0.2, 0) is 7.05 Å². The van der Waals surface area contributed by atoms with Crippen molar-refractivity contribution in [2.75, 3.05) is 0 Å². The molecule has 0 unspecified atom stereocenters. The molecule has 0 aliphatic carbocycles. The normalized spacial score (nSPS) is 12.2. The van der Waals surface area contributed by atoms with Crippen LogP contribution < -0.4 is 5.32 Å². The molecule has 26 heavy (non-hydrogen) atoms. The maximum atomic E-state index is 12.7. The highest BCUT2D eigenvalue weighted by Crippen LogP contribution is 2.22. The van der Waals surface area contributed by atoms with Crippen molar-refractivity contribution in [2.24, 2.45) is 7.05 Å². The first-order valence-corrected chi connectivity index (χ1v) is 8.33. The number of aryl methyl sites for hydroxylation is 1. The quantitative estimate of drug-likeness (QED) is 0.616. The third-order valence-corrected chi connectivity index (χ3v) is 4.37. The van der Waals surface area contributed by atoms with Gasteiger partial charge in [0.1, 0.15) is 5.52 Å². The summed E-state index contributed by atoms with van der Waals surface area (Å²) in [6.45, 7) is 1.96. The monoisotopic (exact) mass is 346 g/mol. The van der Waals surface area contributed by atoms with Crippen molar-refractivity contribution < 1.29 is 4.79 Å². The second-order valence-electron chi connectivity index (χ2n) is 6.12. The van der Waals surface area contributed by atoms with E-state index in [0.717, 1.165) is 16.8 Å². The molecular formula is C19H18N6O. The summed E-state index contributed by atoms with van der Waals surface area (Å²) in [5, 5.41) is 15.4. The Bertz CT molecular complexity index is 1070. The molecule has 0 fully saturated rings. The minimum atomic E-state index is -0.180. The fourth-order valence-corrected chi connectivity index (χ4v) is 3.01. The van der Waals surface area contributed by atoms with E-state index in [9.17, 15) is 4.79 Å². The maximum absolute atomic E-state index is 12.7. The average molecular weight is 346 g/mol. The van der Waals surface area contributed by atoms with Gasteiger partial charge in [-0.1, -0.05) is 23.4 Å². The molecule has 1 N–H and O–H groups in total. The summed E-state index contributed by atoms with van der Waals surface area (Å²) in [5.74, 6) is -0.152. The third-order valence-electron chi connectivity index (χ3n) is 4.37. The van der Waals surface area contributed by atoms with Crippen molar-refractivity contribution in [1.29, 1.82) is 0 Å². The zero-order valence-electron chi connectivity index (χ0n) is 14.5. The SMILES string of the molecule is C[C@@H](NC(=O)c1ccc2c(c1)nnn2C)c1ccccc1-n1cccn1. The third kappa shape index (κ3) is 2.83. The van der Waals surface area contributed by atoms with Crippen LogP contribution in [0.25, 0.3) is 16.7 Å². The van der Waals surface area contributed by atoms with Gasteiger partial charge in [0.15, 0.2) is 0 Å². The number of para-hydroxylation sites is 1. The van der Waals surface area contributed by atoms with E-state index in [1.807, 2.05) is 56.6 Å². The van der Waals surface area contributed by atoms with Crippen LogP contribution >= 0.6 is 0 Å². The Labute approximate surface area is 150 Å². The molecule has 0 radical (unpaired) electrons. The summed E-state index contributed by atoms with van der Waals surface area (Å²) in [5.41, 5.74) is 4.07. The first kappa shape index (κ1) is 16.0. The highest BCUT2D eigenvalue weighted by Gasteiger charge is 2.16. The number of hydrogen-bond donors (Lipinski definition) is 1. The van der Waals surface area contributed by atoms with E-state index in [4.69, 9.17) is 0 Å². The van der Waals surface area contributed by atoms with Crippen LogP contribution in [0.2, 0.25) is 0 Å². The van der Waals surface area contributed by atoms with Crippen molar-refractivity contribution in [3.05, 3.63) is 72.1 Å². The second kappa shape index (κ2) is 6.44. The Morgan fingerprint density at radius 1 is 1.15 bits per heavy atom. The molecule has 4 rings (SSSR count). The van der Waals surface area contributed by atoms with Gasteiger partial charge >= 0.3 is 0 Å². The lowest BCUT2D eigenvalue weighted by Crippen LogP contribution is -2.27. The molecule has 4 aromatic rings. The van der Waals surface area contributed by atoms with Gasteiger partial charge in [-0.2, -0.15) is 5.10 Å².